The first-order valence-electron chi connectivity index (χ1n) is 5.74. The molecule has 1 aliphatic heterocycles. The fourth-order valence-electron chi connectivity index (χ4n) is 2.09. The van der Waals surface area contributed by atoms with E-state index in [4.69, 9.17) is 0 Å². The van der Waals surface area contributed by atoms with E-state index in [1.807, 2.05) is 0 Å². The molecule has 2 rings (SSSR count). The third kappa shape index (κ3) is 2.42. The highest BCUT2D eigenvalue weighted by Gasteiger charge is 2.18. The van der Waals surface area contributed by atoms with Crippen LogP contribution in [0.5, 0.6) is 0 Å². The average molecular weight is 218 g/mol. The lowest BCUT2D eigenvalue weighted by molar-refractivity contribution is -0.121. The predicted molar refractivity (Wildman–Crippen MR) is 64.3 cm³/mol. The minimum atomic E-state index is 0.106. The van der Waals surface area contributed by atoms with Crippen LogP contribution in [0.2, 0.25) is 0 Å². The van der Waals surface area contributed by atoms with Gasteiger partial charge in [0.2, 0.25) is 5.91 Å². The van der Waals surface area contributed by atoms with Crippen LogP contribution in [0.4, 0.5) is 0 Å². The summed E-state index contributed by atoms with van der Waals surface area (Å²) < 4.78 is 0. The van der Waals surface area contributed by atoms with E-state index in [0.29, 0.717) is 6.42 Å². The highest BCUT2D eigenvalue weighted by Crippen LogP contribution is 2.19. The molecule has 3 nitrogen and oxygen atoms in total. The number of nitrogens with one attached hydrogen (secondary N) is 2. The Kier molecular flexibility index (Phi) is 3.25. The fraction of sp³-hybridized carbons (Fsp3) is 0.462. The number of benzene rings is 1. The molecule has 1 aliphatic rings. The van der Waals surface area contributed by atoms with Crippen molar-refractivity contribution in [2.24, 2.45) is 0 Å². The molecule has 0 radical (unpaired) electrons. The van der Waals surface area contributed by atoms with E-state index < -0.39 is 0 Å². The Morgan fingerprint density at radius 3 is 2.94 bits per heavy atom. The molecule has 1 aromatic rings. The van der Waals surface area contributed by atoms with Gasteiger partial charge in [0.05, 0.1) is 6.04 Å². The largest absolute Gasteiger partial charge is 0.348 e. The van der Waals surface area contributed by atoms with Crippen LogP contribution in [0.3, 0.4) is 0 Å². The van der Waals surface area contributed by atoms with E-state index in [1.165, 1.54) is 16.7 Å². The van der Waals surface area contributed by atoms with Gasteiger partial charge in [0.1, 0.15) is 0 Å². The van der Waals surface area contributed by atoms with E-state index >= 15 is 0 Å². The van der Waals surface area contributed by atoms with Crippen molar-refractivity contribution in [3.05, 3.63) is 34.9 Å². The first-order valence-corrected chi connectivity index (χ1v) is 5.74. The summed E-state index contributed by atoms with van der Waals surface area (Å²) in [6.45, 7) is 5.75. The lowest BCUT2D eigenvalue weighted by Gasteiger charge is -2.19. The van der Waals surface area contributed by atoms with E-state index in [0.717, 1.165) is 13.1 Å². The maximum atomic E-state index is 11.5. The second kappa shape index (κ2) is 4.66. The van der Waals surface area contributed by atoms with Gasteiger partial charge in [-0.1, -0.05) is 23.8 Å². The summed E-state index contributed by atoms with van der Waals surface area (Å²) in [6.07, 6.45) is 0.571. The number of carbonyl (C=O) groups is 1. The number of amides is 1. The van der Waals surface area contributed by atoms with E-state index in [-0.39, 0.29) is 11.9 Å². The first kappa shape index (κ1) is 11.1. The van der Waals surface area contributed by atoms with Crippen LogP contribution >= 0.6 is 0 Å². The number of hydrogen-bond acceptors (Lipinski definition) is 2. The Labute approximate surface area is 96.2 Å². The fourth-order valence-corrected chi connectivity index (χ4v) is 2.09. The molecular weight excluding hydrogens is 200 g/mol. The van der Waals surface area contributed by atoms with Crippen molar-refractivity contribution in [1.29, 1.82) is 0 Å². The summed E-state index contributed by atoms with van der Waals surface area (Å²) >= 11 is 0. The van der Waals surface area contributed by atoms with E-state index in [2.05, 4.69) is 42.7 Å². The third-order valence-electron chi connectivity index (χ3n) is 3.02. The highest BCUT2D eigenvalue weighted by atomic mass is 16.1. The van der Waals surface area contributed by atoms with Crippen molar-refractivity contribution in [1.82, 2.24) is 10.6 Å². The van der Waals surface area contributed by atoms with Crippen molar-refractivity contribution in [3.8, 4) is 0 Å². The molecule has 2 N–H and O–H groups in total. The second-order valence-corrected chi connectivity index (χ2v) is 4.43. The molecule has 0 bridgehead atoms. The molecule has 3 heteroatoms. The number of hydrogen-bond donors (Lipinski definition) is 2. The molecule has 1 heterocycles. The molecule has 0 aliphatic carbocycles. The summed E-state index contributed by atoms with van der Waals surface area (Å²) in [5.74, 6) is 0.135. The SMILES string of the molecule is Cc1ccc(C)c(C2CNCCC(=O)N2)c1. The zero-order valence-corrected chi connectivity index (χ0v) is 9.84. The van der Waals surface area contributed by atoms with Gasteiger partial charge < -0.3 is 10.6 Å². The summed E-state index contributed by atoms with van der Waals surface area (Å²) in [7, 11) is 0. The Hall–Kier alpha value is -1.35. The zero-order chi connectivity index (χ0) is 11.5. The molecule has 1 amide bonds. The molecule has 86 valence electrons. The van der Waals surface area contributed by atoms with E-state index in [9.17, 15) is 4.79 Å². The third-order valence-corrected chi connectivity index (χ3v) is 3.02. The Morgan fingerprint density at radius 1 is 1.31 bits per heavy atom. The van der Waals surface area contributed by atoms with Gasteiger partial charge >= 0.3 is 0 Å². The lowest BCUT2D eigenvalue weighted by atomic mass is 9.99. The number of aryl methyl sites for hydroxylation is 2. The van der Waals surface area contributed by atoms with E-state index in [1.54, 1.807) is 0 Å². The average Bonchev–Trinajstić information content (AvgIpc) is 2.46. The second-order valence-electron chi connectivity index (χ2n) is 4.43. The van der Waals surface area contributed by atoms with Crippen LogP contribution in [0.15, 0.2) is 18.2 Å². The van der Waals surface area contributed by atoms with Gasteiger partial charge in [-0.25, -0.2) is 0 Å². The van der Waals surface area contributed by atoms with Gasteiger partial charge in [0.25, 0.3) is 0 Å². The molecule has 1 fully saturated rings. The van der Waals surface area contributed by atoms with Crippen LogP contribution in [-0.4, -0.2) is 19.0 Å². The molecule has 1 saturated heterocycles. The smallest absolute Gasteiger partial charge is 0.221 e. The number of carbonyl (C=O) groups excluding carboxylic acids is 1. The lowest BCUT2D eigenvalue weighted by Crippen LogP contribution is -2.30. The minimum absolute atomic E-state index is 0.106. The monoisotopic (exact) mass is 218 g/mol. The quantitative estimate of drug-likeness (QED) is 0.749. The van der Waals surface area contributed by atoms with Crippen molar-refractivity contribution in [2.75, 3.05) is 13.1 Å². The summed E-state index contributed by atoms with van der Waals surface area (Å²) in [5.41, 5.74) is 3.70. The van der Waals surface area contributed by atoms with Crippen LogP contribution in [0.25, 0.3) is 0 Å². The summed E-state index contributed by atoms with van der Waals surface area (Å²) in [6, 6.07) is 6.48. The molecule has 0 saturated carbocycles. The molecule has 1 aromatic carbocycles. The van der Waals surface area contributed by atoms with Crippen molar-refractivity contribution in [3.63, 3.8) is 0 Å². The zero-order valence-electron chi connectivity index (χ0n) is 9.84. The maximum Gasteiger partial charge on any atom is 0.221 e. The standard InChI is InChI=1S/C13H18N2O/c1-9-3-4-10(2)11(7-9)12-8-14-6-5-13(16)15-12/h3-4,7,12,14H,5-6,8H2,1-2H3,(H,15,16). The number of rotatable bonds is 1. The minimum Gasteiger partial charge on any atom is -0.348 e. The topological polar surface area (TPSA) is 41.1 Å². The summed E-state index contributed by atoms with van der Waals surface area (Å²) in [4.78, 5) is 11.5. The van der Waals surface area contributed by atoms with Gasteiger partial charge in [-0.3, -0.25) is 4.79 Å². The predicted octanol–water partition coefficient (Wildman–Crippen LogP) is 1.45. The van der Waals surface area contributed by atoms with Crippen molar-refractivity contribution < 1.29 is 4.79 Å². The van der Waals surface area contributed by atoms with Crippen molar-refractivity contribution >= 4 is 5.91 Å². The van der Waals surface area contributed by atoms with Crippen molar-refractivity contribution in [2.45, 2.75) is 26.3 Å². The Morgan fingerprint density at radius 2 is 2.12 bits per heavy atom. The Balaban J connectivity index is 2.27. The molecule has 0 spiro atoms. The molecular formula is C13H18N2O. The van der Waals surface area contributed by atoms with Gasteiger partial charge in [-0.05, 0) is 25.0 Å². The highest BCUT2D eigenvalue weighted by molar-refractivity contribution is 5.77. The van der Waals surface area contributed by atoms with Gasteiger partial charge in [-0.2, -0.15) is 0 Å². The van der Waals surface area contributed by atoms with Crippen LogP contribution in [0.1, 0.15) is 29.2 Å². The maximum absolute atomic E-state index is 11.5. The van der Waals surface area contributed by atoms with Crippen LogP contribution in [0, 0.1) is 13.8 Å². The van der Waals surface area contributed by atoms with Gasteiger partial charge in [0, 0.05) is 19.5 Å². The van der Waals surface area contributed by atoms with Crippen LogP contribution in [-0.2, 0) is 4.79 Å². The molecule has 0 aromatic heterocycles. The normalized spacial score (nSPS) is 21.4. The molecule has 1 atom stereocenters. The molecule has 16 heavy (non-hydrogen) atoms. The first-order chi connectivity index (χ1) is 7.66. The van der Waals surface area contributed by atoms with Crippen LogP contribution < -0.4 is 10.6 Å². The summed E-state index contributed by atoms with van der Waals surface area (Å²) in [5, 5.41) is 6.35. The Bertz CT molecular complexity index is 401. The molecule has 1 unspecified atom stereocenters. The van der Waals surface area contributed by atoms with Gasteiger partial charge in [-0.15, -0.1) is 0 Å². The van der Waals surface area contributed by atoms with Gasteiger partial charge in [0.15, 0.2) is 0 Å².